The molecule has 1 saturated heterocycles. The molecule has 3 aliphatic rings. The Morgan fingerprint density at radius 2 is 1.76 bits per heavy atom. The Hall–Kier alpha value is -1.58. The Bertz CT molecular complexity index is 889. The van der Waals surface area contributed by atoms with E-state index in [9.17, 15) is 48.8 Å². The van der Waals surface area contributed by atoms with Gasteiger partial charge in [-0.15, -0.1) is 0 Å². The first kappa shape index (κ1) is 22.1. The van der Waals surface area contributed by atoms with E-state index in [0.29, 0.717) is 6.34 Å². The molecule has 0 radical (unpaired) electrons. The molecule has 3 aliphatic heterocycles. The number of ether oxygens (including phenoxy) is 1. The molecular weight excluding hydrogens is 440 g/mol. The van der Waals surface area contributed by atoms with Gasteiger partial charge in [0.1, 0.15) is 18.3 Å². The van der Waals surface area contributed by atoms with Gasteiger partial charge in [-0.3, -0.25) is 18.8 Å². The Labute approximate surface area is 161 Å². The Morgan fingerprint density at radius 1 is 1.17 bits per heavy atom. The Morgan fingerprint density at radius 3 is 2.24 bits per heavy atom. The highest BCUT2D eigenvalue weighted by atomic mass is 31.2. The van der Waals surface area contributed by atoms with Crippen molar-refractivity contribution in [2.45, 2.75) is 35.5 Å². The van der Waals surface area contributed by atoms with E-state index in [1.54, 1.807) is 0 Å². The van der Waals surface area contributed by atoms with Gasteiger partial charge in [0.15, 0.2) is 12.1 Å². The summed E-state index contributed by atoms with van der Waals surface area (Å²) in [5, 5.41) is 26.3. The number of hydrogen-bond acceptors (Lipinski definition) is 11. The van der Waals surface area contributed by atoms with Gasteiger partial charge >= 0.3 is 15.2 Å². The number of nitrogens with zero attached hydrogens (tertiary/aromatic N) is 4. The van der Waals surface area contributed by atoms with Crippen LogP contribution >= 0.6 is 15.2 Å². The summed E-state index contributed by atoms with van der Waals surface area (Å²) in [5.74, 6) is -3.00. The molecule has 1 amide bonds. The third-order valence-corrected chi connectivity index (χ3v) is 8.36. The van der Waals surface area contributed by atoms with E-state index in [1.807, 2.05) is 0 Å². The van der Waals surface area contributed by atoms with Crippen LogP contribution in [0.5, 0.6) is 0 Å². The van der Waals surface area contributed by atoms with E-state index in [0.717, 1.165) is 4.90 Å². The molecule has 162 valence electrons. The fourth-order valence-corrected chi connectivity index (χ4v) is 6.48. The van der Waals surface area contributed by atoms with Gasteiger partial charge < -0.3 is 45.4 Å². The van der Waals surface area contributed by atoms with E-state index < -0.39 is 75.0 Å². The summed E-state index contributed by atoms with van der Waals surface area (Å²) in [6, 6.07) is 0. The summed E-state index contributed by atoms with van der Waals surface area (Å²) >= 11 is 0. The minimum atomic E-state index is -5.71. The Balaban J connectivity index is 2.16. The maximum absolute atomic E-state index is 12.6. The van der Waals surface area contributed by atoms with Crippen molar-refractivity contribution in [1.82, 2.24) is 4.90 Å². The van der Waals surface area contributed by atoms with E-state index in [1.165, 1.54) is 0 Å². The van der Waals surface area contributed by atoms with Crippen molar-refractivity contribution in [3.05, 3.63) is 0 Å². The summed E-state index contributed by atoms with van der Waals surface area (Å²) < 4.78 is 29.2. The fraction of sp³-hybridized carbons (Fsp3) is 0.636. The zero-order valence-electron chi connectivity index (χ0n) is 14.2. The summed E-state index contributed by atoms with van der Waals surface area (Å²) in [6.07, 6.45) is -5.48. The molecular formula is C11H17N5O11P2. The molecule has 1 fully saturated rings. The van der Waals surface area contributed by atoms with Gasteiger partial charge in [-0.2, -0.15) is 9.98 Å². The lowest BCUT2D eigenvalue weighted by Gasteiger charge is -2.37. The normalized spacial score (nSPS) is 35.2. The first-order valence-corrected chi connectivity index (χ1v) is 11.2. The van der Waals surface area contributed by atoms with Crippen LogP contribution in [0.3, 0.4) is 0 Å². The second-order valence-electron chi connectivity index (χ2n) is 6.41. The third-order valence-electron chi connectivity index (χ3n) is 4.54. The van der Waals surface area contributed by atoms with Gasteiger partial charge in [0.05, 0.1) is 12.9 Å². The van der Waals surface area contributed by atoms with Gasteiger partial charge in [-0.25, -0.2) is 4.99 Å². The summed E-state index contributed by atoms with van der Waals surface area (Å²) in [4.78, 5) is 62.2. The highest BCUT2D eigenvalue weighted by Crippen LogP contribution is 2.66. The van der Waals surface area contributed by atoms with Crippen LogP contribution < -0.4 is 5.73 Å². The van der Waals surface area contributed by atoms with E-state index >= 15 is 0 Å². The number of aliphatic imine (C=N–C) groups is 3. The number of amides is 1. The highest BCUT2D eigenvalue weighted by Gasteiger charge is 2.69. The maximum atomic E-state index is 12.6. The zero-order valence-corrected chi connectivity index (χ0v) is 16.0. The first-order valence-electron chi connectivity index (χ1n) is 7.79. The predicted molar refractivity (Wildman–Crippen MR) is 92.8 cm³/mol. The lowest BCUT2D eigenvalue weighted by atomic mass is 9.99. The van der Waals surface area contributed by atoms with Crippen molar-refractivity contribution in [2.24, 2.45) is 20.7 Å². The molecule has 29 heavy (non-hydrogen) atoms. The minimum Gasteiger partial charge on any atom is -0.394 e. The van der Waals surface area contributed by atoms with Crippen molar-refractivity contribution in [2.75, 3.05) is 6.61 Å². The molecule has 5 atom stereocenters. The zero-order chi connectivity index (χ0) is 21.9. The van der Waals surface area contributed by atoms with Gasteiger partial charge in [0, 0.05) is 0 Å². The van der Waals surface area contributed by atoms with Gasteiger partial charge in [-0.1, -0.05) is 0 Å². The summed E-state index contributed by atoms with van der Waals surface area (Å²) in [7, 11) is -11.4. The molecule has 0 aromatic rings. The van der Waals surface area contributed by atoms with Crippen LogP contribution in [0, 0.1) is 0 Å². The molecule has 0 spiro atoms. The molecule has 0 saturated carbocycles. The number of nitrogens with two attached hydrogens (primary N) is 1. The van der Waals surface area contributed by atoms with Crippen molar-refractivity contribution >= 4 is 39.2 Å². The first-order chi connectivity index (χ1) is 13.2. The van der Waals surface area contributed by atoms with Crippen LogP contribution in [-0.2, 0) is 18.7 Å². The summed E-state index contributed by atoms with van der Waals surface area (Å²) in [6.45, 7) is -0.715. The van der Waals surface area contributed by atoms with Gasteiger partial charge in [-0.05, 0) is 0 Å². The molecule has 0 aliphatic carbocycles. The molecule has 3 heterocycles. The molecule has 0 aromatic carbocycles. The maximum Gasteiger partial charge on any atom is 0.344 e. The molecule has 16 nitrogen and oxygen atoms in total. The van der Waals surface area contributed by atoms with Crippen LogP contribution in [0.1, 0.15) is 0 Å². The largest absolute Gasteiger partial charge is 0.394 e. The van der Waals surface area contributed by atoms with Gasteiger partial charge in [0.2, 0.25) is 16.9 Å². The number of carbonyl (C=O) groups excluding carboxylic acids is 1. The van der Waals surface area contributed by atoms with Crippen LogP contribution in [0.2, 0.25) is 0 Å². The van der Waals surface area contributed by atoms with Crippen molar-refractivity contribution in [3.8, 4) is 0 Å². The molecule has 0 aromatic heterocycles. The molecule has 0 bridgehead atoms. The number of amidine groups is 1. The van der Waals surface area contributed by atoms with E-state index in [-0.39, 0.29) is 0 Å². The lowest BCUT2D eigenvalue weighted by Crippen LogP contribution is -2.59. The minimum absolute atomic E-state index is 0.698. The van der Waals surface area contributed by atoms with Crippen molar-refractivity contribution < 1.29 is 53.6 Å². The monoisotopic (exact) mass is 457 g/mol. The molecule has 18 heteroatoms. The number of aliphatic hydroxyl groups excluding tert-OH is 3. The average molecular weight is 457 g/mol. The average Bonchev–Trinajstić information content (AvgIpc) is 3.05. The molecule has 9 N–H and O–H groups in total. The standard InChI is InChI=1S/C11H17N5O11P2/c12-10-14-7-11(8(20)15-10,9(28(21,22)23)29(24,25)26)13-2-16(7)6-5(19)4(18)3(1-17)27-6/h2-6,9,17-19H,1H2,(H2,12,15,20)(H2,21,22,23)(H2,24,25,26)/t3-,4?,5?,6-,11?/m1/s1. The lowest BCUT2D eigenvalue weighted by molar-refractivity contribution is -0.120. The van der Waals surface area contributed by atoms with E-state index in [4.69, 9.17) is 10.5 Å². The highest BCUT2D eigenvalue weighted by molar-refractivity contribution is 7.71. The predicted octanol–water partition coefficient (Wildman–Crippen LogP) is -4.56. The number of carbonyl (C=O) groups is 1. The van der Waals surface area contributed by atoms with Crippen molar-refractivity contribution in [3.63, 3.8) is 0 Å². The van der Waals surface area contributed by atoms with Crippen molar-refractivity contribution in [1.29, 1.82) is 0 Å². The van der Waals surface area contributed by atoms with Crippen LogP contribution in [-0.4, -0.2) is 106 Å². The Kier molecular flexibility index (Phi) is 5.33. The number of aliphatic hydroxyl groups is 3. The van der Waals surface area contributed by atoms with Crippen LogP contribution in [0.25, 0.3) is 0 Å². The molecule has 3 unspecified atom stereocenters. The van der Waals surface area contributed by atoms with E-state index in [2.05, 4.69) is 15.0 Å². The van der Waals surface area contributed by atoms with Crippen LogP contribution in [0.15, 0.2) is 15.0 Å². The quantitative estimate of drug-likeness (QED) is 0.181. The number of fused-ring (bicyclic) bond motifs is 1. The summed E-state index contributed by atoms with van der Waals surface area (Å²) in [5.41, 5.74) is 2.45. The third kappa shape index (κ3) is 3.37. The smallest absolute Gasteiger partial charge is 0.344 e. The van der Waals surface area contributed by atoms with Gasteiger partial charge in [0.25, 0.3) is 5.91 Å². The fourth-order valence-electron chi connectivity index (χ4n) is 3.35. The second-order valence-corrected chi connectivity index (χ2v) is 10.2. The topological polar surface area (TPSA) is 268 Å². The number of guanidine groups is 1. The SMILES string of the molecule is NC1=NC(=O)C2(C(P(=O)(O)O)P(=O)(O)O)N=CN([C@@H]3O[C@H](CO)C(O)C3O)C2=N1. The number of hydrogen-bond donors (Lipinski definition) is 8. The number of rotatable bonds is 5. The van der Waals surface area contributed by atoms with Crippen LogP contribution in [0.4, 0.5) is 0 Å². The molecule has 3 rings (SSSR count). The second kappa shape index (κ2) is 6.99.